The van der Waals surface area contributed by atoms with E-state index >= 15 is 0 Å². The van der Waals surface area contributed by atoms with E-state index in [1.165, 1.54) is 33.6 Å². The lowest BCUT2D eigenvalue weighted by molar-refractivity contribution is -0.744. The van der Waals surface area contributed by atoms with Crippen LogP contribution < -0.4 is 23.4 Å². The smallest absolute Gasteiger partial charge is 0.195 e. The molecule has 0 aliphatic carbocycles. The van der Waals surface area contributed by atoms with Crippen LogP contribution in [-0.4, -0.2) is 43.3 Å². The molecule has 0 unspecified atom stereocenters. The lowest BCUT2D eigenvalue weighted by Crippen LogP contribution is -2.37. The highest BCUT2D eigenvalue weighted by atomic mass is 15.4. The Labute approximate surface area is 519 Å². The topological polar surface area (TPSA) is 95.6 Å². The minimum absolute atomic E-state index is 0.981. The van der Waals surface area contributed by atoms with Crippen LogP contribution in [0.3, 0.4) is 0 Å². The van der Waals surface area contributed by atoms with E-state index in [1.807, 2.05) is 352 Å². The summed E-state index contributed by atoms with van der Waals surface area (Å²) < 4.78 is 20.4. The van der Waals surface area contributed by atoms with Crippen molar-refractivity contribution in [3.8, 4) is 28.6 Å². The summed E-state index contributed by atoms with van der Waals surface area (Å²) in [6.07, 6.45) is 31.1. The van der Waals surface area contributed by atoms with E-state index in [9.17, 15) is 0 Å². The van der Waals surface area contributed by atoms with Crippen LogP contribution >= 0.6 is 0 Å². The van der Waals surface area contributed by atoms with Crippen molar-refractivity contribution in [2.45, 2.75) is 173 Å². The molecule has 10 aromatic rings. The summed E-state index contributed by atoms with van der Waals surface area (Å²) in [6.45, 7) is 50.3. The Hall–Kier alpha value is -8.13. The molecule has 0 fully saturated rings. The van der Waals surface area contributed by atoms with E-state index in [0.29, 0.717) is 0 Å². The zero-order valence-corrected chi connectivity index (χ0v) is 59.2. The Bertz CT molecular complexity index is 2570. The third-order valence-electron chi connectivity index (χ3n) is 10.6. The van der Waals surface area contributed by atoms with Crippen LogP contribution in [0.2, 0.25) is 0 Å². The summed E-state index contributed by atoms with van der Waals surface area (Å²) in [7, 11) is 10.1. The van der Waals surface area contributed by atoms with Gasteiger partial charge in [0.1, 0.15) is 22.7 Å². The minimum Gasteiger partial charge on any atom is -0.264 e. The Balaban J connectivity index is -0.000000291. The number of nitrogens with zero attached hydrogens (tertiary/aromatic N) is 14. The molecule has 0 saturated heterocycles. The molecule has 9 aromatic heterocycles. The molecule has 0 bridgehead atoms. The first-order chi connectivity index (χ1) is 41.4. The molecule has 0 atom stereocenters. The summed E-state index contributed by atoms with van der Waals surface area (Å²) in [5.41, 5.74) is 10.5. The first kappa shape index (κ1) is 85.7. The third kappa shape index (κ3) is 30.3. The molecule has 0 N–H and O–H groups in total. The van der Waals surface area contributed by atoms with Crippen molar-refractivity contribution in [1.82, 2.24) is 43.3 Å². The van der Waals surface area contributed by atoms with Crippen molar-refractivity contribution in [2.24, 2.45) is 35.2 Å². The molecule has 470 valence electrons. The van der Waals surface area contributed by atoms with Gasteiger partial charge in [0.15, 0.2) is 72.0 Å². The Morgan fingerprint density at radius 2 is 0.588 bits per heavy atom. The normalized spacial score (nSPS) is 8.59. The second-order valence-electron chi connectivity index (χ2n) is 15.4. The average Bonchev–Trinajstić information content (AvgIpc) is 4.60. The predicted molar refractivity (Wildman–Crippen MR) is 363 cm³/mol. The van der Waals surface area contributed by atoms with Crippen LogP contribution in [0.4, 0.5) is 0 Å². The second kappa shape index (κ2) is 56.4. The molecule has 0 aliphatic heterocycles. The van der Waals surface area contributed by atoms with Gasteiger partial charge in [-0.05, 0) is 93.3 Å². The maximum atomic E-state index is 4.32. The highest BCUT2D eigenvalue weighted by Gasteiger charge is 2.11. The molecule has 0 radical (unpaired) electrons. The molecule has 0 spiro atoms. The van der Waals surface area contributed by atoms with E-state index in [1.54, 1.807) is 0 Å². The number of hydrogen-bond donors (Lipinski definition) is 0. The number of para-hydroxylation sites is 1. The summed E-state index contributed by atoms with van der Waals surface area (Å²) in [4.78, 5) is 16.7. The quantitative estimate of drug-likeness (QED) is 0.160. The van der Waals surface area contributed by atoms with Crippen molar-refractivity contribution >= 4 is 0 Å². The van der Waals surface area contributed by atoms with E-state index in [2.05, 4.69) is 114 Å². The summed E-state index contributed by atoms with van der Waals surface area (Å²) in [5.74, 6) is 0.981. The molecule has 0 aliphatic rings. The van der Waals surface area contributed by atoms with Crippen LogP contribution in [0.15, 0.2) is 190 Å². The fourth-order valence-corrected chi connectivity index (χ4v) is 7.00. The highest BCUT2D eigenvalue weighted by Crippen LogP contribution is 2.12. The van der Waals surface area contributed by atoms with E-state index in [-0.39, 0.29) is 0 Å². The van der Waals surface area contributed by atoms with E-state index in [0.717, 1.165) is 22.9 Å². The van der Waals surface area contributed by atoms with Crippen LogP contribution in [0, 0.1) is 34.6 Å². The van der Waals surface area contributed by atoms with Crippen LogP contribution in [0.1, 0.15) is 166 Å². The summed E-state index contributed by atoms with van der Waals surface area (Å²) >= 11 is 0. The molecular weight excluding hydrogens is 1050 g/mol. The molecule has 10 rings (SSSR count). The number of aromatic nitrogens is 14. The SMILES string of the molecule is CC.CC.CC.CC.CC.CC.CC.CC.CC.CC.Cc1ccccc1-n1ccc[n+]1C.Cc1cccnc1-n1ccc[n+]1C.Cc1ccncc1-n1ccc[n+]1C.Cc1cnccc1-n1ccc[n+]1C.Cc1ncccc1-n1ccc[n+]1C. The van der Waals surface area contributed by atoms with Gasteiger partial charge in [-0.2, -0.15) is 0 Å². The van der Waals surface area contributed by atoms with Gasteiger partial charge in [0, 0.05) is 61.3 Å². The monoisotopic (exact) mass is 1170 g/mol. The van der Waals surface area contributed by atoms with Crippen molar-refractivity contribution in [1.29, 1.82) is 0 Å². The Morgan fingerprint density at radius 3 is 0.965 bits per heavy atom. The molecule has 9 heterocycles. The fourth-order valence-electron chi connectivity index (χ4n) is 7.00. The van der Waals surface area contributed by atoms with Crippen molar-refractivity contribution in [2.75, 3.05) is 0 Å². The predicted octanol–water partition coefficient (Wildman–Crippen LogP) is 15.9. The molecular formula is C71H121N14+5. The van der Waals surface area contributed by atoms with Gasteiger partial charge in [0.2, 0.25) is 0 Å². The molecule has 0 saturated carbocycles. The maximum Gasteiger partial charge on any atom is 0.195 e. The van der Waals surface area contributed by atoms with Gasteiger partial charge >= 0.3 is 0 Å². The lowest BCUT2D eigenvalue weighted by atomic mass is 10.2. The minimum atomic E-state index is 0.981. The first-order valence-electron chi connectivity index (χ1n) is 31.3. The van der Waals surface area contributed by atoms with Crippen molar-refractivity contribution in [3.05, 3.63) is 218 Å². The van der Waals surface area contributed by atoms with Crippen LogP contribution in [0.25, 0.3) is 28.6 Å². The zero-order valence-electron chi connectivity index (χ0n) is 59.2. The highest BCUT2D eigenvalue weighted by molar-refractivity contribution is 5.39. The molecule has 14 heteroatoms. The van der Waals surface area contributed by atoms with E-state index in [4.69, 9.17) is 0 Å². The lowest BCUT2D eigenvalue weighted by Gasteiger charge is -2.02. The fraction of sp³-hybridized carbons (Fsp3) is 0.423. The van der Waals surface area contributed by atoms with Gasteiger partial charge < -0.3 is 0 Å². The summed E-state index contributed by atoms with van der Waals surface area (Å²) in [5, 5.41) is 0. The zero-order chi connectivity index (χ0) is 66.3. The number of benzene rings is 1. The molecule has 1 aromatic carbocycles. The second-order valence-corrected chi connectivity index (χ2v) is 15.4. The van der Waals surface area contributed by atoms with Crippen LogP contribution in [-0.2, 0) is 35.2 Å². The van der Waals surface area contributed by atoms with Crippen molar-refractivity contribution < 1.29 is 23.4 Å². The molecule has 0 amide bonds. The standard InChI is InChI=1S/C11H13N2.4C10H12N3.10C2H6/c1-10-6-3-4-7-11(10)13-9-5-8-12(13)2;1-9-8-11-5-4-10(9)13-7-3-6-12(13)2;1-9-4-5-11-8-10(9)13-7-3-6-12(13)2;1-9-10(5-3-6-11-9)13-8-4-7-12(13)2;1-9-5-3-6-11-10(9)13-8-4-7-12(13)2;10*1-2/h3-9H,1-2H3;4*3-8H,1-2H3;10*1-2H3/q5*+1;;;;;;;;;;. The third-order valence-corrected chi connectivity index (χ3v) is 10.6. The van der Waals surface area contributed by atoms with Gasteiger partial charge in [-0.3, -0.25) is 15.0 Å². The largest absolute Gasteiger partial charge is 0.264 e. The first-order valence-corrected chi connectivity index (χ1v) is 31.3. The average molecular weight is 1170 g/mol. The Kier molecular flexibility index (Phi) is 56.8. The van der Waals surface area contributed by atoms with Gasteiger partial charge in [-0.1, -0.05) is 163 Å². The van der Waals surface area contributed by atoms with Gasteiger partial charge in [0.05, 0.1) is 42.9 Å². The molecule has 85 heavy (non-hydrogen) atoms. The maximum absolute atomic E-state index is 4.32. The van der Waals surface area contributed by atoms with Gasteiger partial charge in [-0.25, -0.2) is 4.98 Å². The van der Waals surface area contributed by atoms with E-state index < -0.39 is 0 Å². The van der Waals surface area contributed by atoms with Gasteiger partial charge in [-0.15, -0.1) is 46.8 Å². The Morgan fingerprint density at radius 1 is 0.271 bits per heavy atom. The number of pyridine rings is 4. The van der Waals surface area contributed by atoms with Crippen molar-refractivity contribution in [3.63, 3.8) is 0 Å². The van der Waals surface area contributed by atoms with Crippen LogP contribution in [0.5, 0.6) is 0 Å². The number of aryl methyl sites for hydroxylation is 10. The molecule has 14 nitrogen and oxygen atoms in total. The van der Waals surface area contributed by atoms with Gasteiger partial charge in [0.25, 0.3) is 0 Å². The number of hydrogen-bond acceptors (Lipinski definition) is 4. The summed E-state index contributed by atoms with van der Waals surface area (Å²) in [6, 6.07) is 30.4. The number of rotatable bonds is 5.